The van der Waals surface area contributed by atoms with E-state index in [4.69, 9.17) is 0 Å². The monoisotopic (exact) mass is 273 g/mol. The SMILES string of the molecule is CCCNc1cc(C(=O)NC(C2CC2)C2CC2)ccn1. The molecule has 0 spiro atoms. The number of anilines is 1. The van der Waals surface area contributed by atoms with Gasteiger partial charge < -0.3 is 10.6 Å². The first-order valence-electron chi connectivity index (χ1n) is 7.78. The summed E-state index contributed by atoms with van der Waals surface area (Å²) < 4.78 is 0. The van der Waals surface area contributed by atoms with Crippen molar-refractivity contribution in [2.24, 2.45) is 11.8 Å². The normalized spacial score (nSPS) is 18.1. The number of nitrogens with zero attached hydrogens (tertiary/aromatic N) is 1. The molecular formula is C16H23N3O. The minimum Gasteiger partial charge on any atom is -0.370 e. The molecule has 2 fully saturated rings. The summed E-state index contributed by atoms with van der Waals surface area (Å²) in [5.41, 5.74) is 0.713. The van der Waals surface area contributed by atoms with Gasteiger partial charge in [-0.05, 0) is 56.1 Å². The maximum absolute atomic E-state index is 12.4. The van der Waals surface area contributed by atoms with Crippen LogP contribution in [-0.4, -0.2) is 23.5 Å². The highest BCUT2D eigenvalue weighted by atomic mass is 16.1. The van der Waals surface area contributed by atoms with Crippen LogP contribution in [0.2, 0.25) is 0 Å². The number of amides is 1. The lowest BCUT2D eigenvalue weighted by molar-refractivity contribution is 0.0926. The molecule has 0 aromatic carbocycles. The van der Waals surface area contributed by atoms with E-state index in [1.807, 2.05) is 6.07 Å². The Morgan fingerprint density at radius 2 is 2.05 bits per heavy atom. The molecule has 0 radical (unpaired) electrons. The van der Waals surface area contributed by atoms with Crippen LogP contribution in [0.5, 0.6) is 0 Å². The topological polar surface area (TPSA) is 54.0 Å². The molecule has 4 heteroatoms. The number of nitrogens with one attached hydrogen (secondary N) is 2. The first kappa shape index (κ1) is 13.4. The van der Waals surface area contributed by atoms with Gasteiger partial charge in [0.25, 0.3) is 5.91 Å². The van der Waals surface area contributed by atoms with Gasteiger partial charge in [-0.25, -0.2) is 4.98 Å². The van der Waals surface area contributed by atoms with E-state index < -0.39 is 0 Å². The molecule has 1 aromatic heterocycles. The molecule has 0 atom stereocenters. The third kappa shape index (κ3) is 3.30. The number of aromatic nitrogens is 1. The summed E-state index contributed by atoms with van der Waals surface area (Å²) in [7, 11) is 0. The Bertz CT molecular complexity index is 468. The second-order valence-electron chi connectivity index (χ2n) is 6.03. The quantitative estimate of drug-likeness (QED) is 0.803. The Labute approximate surface area is 120 Å². The van der Waals surface area contributed by atoms with Gasteiger partial charge in [0, 0.05) is 24.3 Å². The Balaban J connectivity index is 1.63. The minimum absolute atomic E-state index is 0.0516. The Kier molecular flexibility index (Phi) is 3.90. The molecule has 0 bridgehead atoms. The summed E-state index contributed by atoms with van der Waals surface area (Å²) >= 11 is 0. The molecule has 1 aromatic rings. The number of hydrogen-bond acceptors (Lipinski definition) is 3. The van der Waals surface area contributed by atoms with Crippen molar-refractivity contribution in [2.75, 3.05) is 11.9 Å². The molecule has 1 heterocycles. The summed E-state index contributed by atoms with van der Waals surface area (Å²) in [5, 5.41) is 6.47. The summed E-state index contributed by atoms with van der Waals surface area (Å²) in [4.78, 5) is 16.6. The number of pyridine rings is 1. The third-order valence-corrected chi connectivity index (χ3v) is 4.14. The molecule has 1 amide bonds. The van der Waals surface area contributed by atoms with Crippen LogP contribution in [0.15, 0.2) is 18.3 Å². The van der Waals surface area contributed by atoms with Crippen LogP contribution in [-0.2, 0) is 0 Å². The first-order chi connectivity index (χ1) is 9.78. The minimum atomic E-state index is 0.0516. The lowest BCUT2D eigenvalue weighted by Gasteiger charge is -2.17. The highest BCUT2D eigenvalue weighted by Gasteiger charge is 2.42. The van der Waals surface area contributed by atoms with Crippen molar-refractivity contribution >= 4 is 11.7 Å². The van der Waals surface area contributed by atoms with Gasteiger partial charge in [0.1, 0.15) is 5.82 Å². The van der Waals surface area contributed by atoms with E-state index in [-0.39, 0.29) is 5.91 Å². The first-order valence-corrected chi connectivity index (χ1v) is 7.78. The molecular weight excluding hydrogens is 250 g/mol. The van der Waals surface area contributed by atoms with E-state index in [0.717, 1.165) is 30.6 Å². The van der Waals surface area contributed by atoms with Crippen LogP contribution in [0.1, 0.15) is 49.4 Å². The Hall–Kier alpha value is -1.58. The smallest absolute Gasteiger partial charge is 0.251 e. The fourth-order valence-electron chi connectivity index (χ4n) is 2.69. The van der Waals surface area contributed by atoms with Crippen LogP contribution in [0.25, 0.3) is 0 Å². The van der Waals surface area contributed by atoms with Crippen LogP contribution in [0.3, 0.4) is 0 Å². The van der Waals surface area contributed by atoms with Crippen LogP contribution >= 0.6 is 0 Å². The lowest BCUT2D eigenvalue weighted by atomic mass is 10.1. The predicted octanol–water partition coefficient (Wildman–Crippen LogP) is 2.82. The predicted molar refractivity (Wildman–Crippen MR) is 79.7 cm³/mol. The second kappa shape index (κ2) is 5.81. The summed E-state index contributed by atoms with van der Waals surface area (Å²) in [6, 6.07) is 4.05. The average molecular weight is 273 g/mol. The van der Waals surface area contributed by atoms with E-state index in [2.05, 4.69) is 22.5 Å². The average Bonchev–Trinajstić information content (AvgIpc) is 3.35. The standard InChI is InChI=1S/C16H23N3O/c1-2-8-17-14-10-13(7-9-18-14)16(20)19-15(11-3-4-11)12-5-6-12/h7,9-12,15H,2-6,8H2,1H3,(H,17,18)(H,19,20). The van der Waals surface area contributed by atoms with Crippen molar-refractivity contribution in [3.8, 4) is 0 Å². The van der Waals surface area contributed by atoms with Crippen molar-refractivity contribution in [3.05, 3.63) is 23.9 Å². The van der Waals surface area contributed by atoms with Gasteiger partial charge >= 0.3 is 0 Å². The van der Waals surface area contributed by atoms with E-state index in [1.54, 1.807) is 12.3 Å². The Morgan fingerprint density at radius 3 is 2.65 bits per heavy atom. The van der Waals surface area contributed by atoms with Crippen LogP contribution in [0.4, 0.5) is 5.82 Å². The molecule has 2 N–H and O–H groups in total. The molecule has 4 nitrogen and oxygen atoms in total. The van der Waals surface area contributed by atoms with E-state index in [0.29, 0.717) is 11.6 Å². The van der Waals surface area contributed by atoms with Gasteiger partial charge in [-0.3, -0.25) is 4.79 Å². The highest BCUT2D eigenvalue weighted by Crippen LogP contribution is 2.44. The van der Waals surface area contributed by atoms with Crippen LogP contribution < -0.4 is 10.6 Å². The summed E-state index contributed by atoms with van der Waals surface area (Å²) in [6.45, 7) is 2.99. The van der Waals surface area contributed by atoms with Gasteiger partial charge in [-0.2, -0.15) is 0 Å². The van der Waals surface area contributed by atoms with E-state index in [1.165, 1.54) is 25.7 Å². The molecule has 20 heavy (non-hydrogen) atoms. The fourth-order valence-corrected chi connectivity index (χ4v) is 2.69. The van der Waals surface area contributed by atoms with Gasteiger partial charge in [-0.1, -0.05) is 6.92 Å². The van der Waals surface area contributed by atoms with Crippen molar-refractivity contribution in [3.63, 3.8) is 0 Å². The zero-order chi connectivity index (χ0) is 13.9. The molecule has 3 rings (SSSR count). The van der Waals surface area contributed by atoms with Crippen molar-refractivity contribution in [1.82, 2.24) is 10.3 Å². The second-order valence-corrected chi connectivity index (χ2v) is 6.03. The number of hydrogen-bond donors (Lipinski definition) is 2. The number of rotatable bonds is 7. The van der Waals surface area contributed by atoms with Crippen molar-refractivity contribution < 1.29 is 4.79 Å². The van der Waals surface area contributed by atoms with Crippen LogP contribution in [0, 0.1) is 11.8 Å². The molecule has 2 aliphatic rings. The van der Waals surface area contributed by atoms with Gasteiger partial charge in [0.05, 0.1) is 0 Å². The van der Waals surface area contributed by atoms with Crippen molar-refractivity contribution in [2.45, 2.75) is 45.1 Å². The van der Waals surface area contributed by atoms with E-state index in [9.17, 15) is 4.79 Å². The largest absolute Gasteiger partial charge is 0.370 e. The highest BCUT2D eigenvalue weighted by molar-refractivity contribution is 5.95. The van der Waals surface area contributed by atoms with Gasteiger partial charge in [0.15, 0.2) is 0 Å². The molecule has 108 valence electrons. The third-order valence-electron chi connectivity index (χ3n) is 4.14. The van der Waals surface area contributed by atoms with Gasteiger partial charge in [-0.15, -0.1) is 0 Å². The maximum atomic E-state index is 12.4. The fraction of sp³-hybridized carbons (Fsp3) is 0.625. The summed E-state index contributed by atoms with van der Waals surface area (Å²) in [6.07, 6.45) is 7.87. The number of carbonyl (C=O) groups excluding carboxylic acids is 1. The van der Waals surface area contributed by atoms with E-state index >= 15 is 0 Å². The summed E-state index contributed by atoms with van der Waals surface area (Å²) in [5.74, 6) is 2.29. The van der Waals surface area contributed by atoms with Gasteiger partial charge in [0.2, 0.25) is 0 Å². The lowest BCUT2D eigenvalue weighted by Crippen LogP contribution is -2.38. The molecule has 0 saturated heterocycles. The maximum Gasteiger partial charge on any atom is 0.251 e. The molecule has 0 aliphatic heterocycles. The zero-order valence-electron chi connectivity index (χ0n) is 12.1. The Morgan fingerprint density at radius 1 is 1.35 bits per heavy atom. The molecule has 2 aliphatic carbocycles. The zero-order valence-corrected chi connectivity index (χ0v) is 12.1. The molecule has 2 saturated carbocycles. The van der Waals surface area contributed by atoms with Crippen molar-refractivity contribution in [1.29, 1.82) is 0 Å². The molecule has 0 unspecified atom stereocenters. The number of carbonyl (C=O) groups is 1.